The van der Waals surface area contributed by atoms with Gasteiger partial charge in [0, 0.05) is 86.8 Å². The van der Waals surface area contributed by atoms with Crippen LogP contribution in [-0.2, 0) is 10.0 Å². The van der Waals surface area contributed by atoms with E-state index in [4.69, 9.17) is 26.1 Å². The zero-order chi connectivity index (χ0) is 49.1. The Hall–Kier alpha value is -5.92. The molecule has 6 heterocycles. The average molecular weight is 995 g/mol. The van der Waals surface area contributed by atoms with E-state index in [1.165, 1.54) is 22.8 Å². The number of halogens is 1. The summed E-state index contributed by atoms with van der Waals surface area (Å²) in [5.74, 6) is -0.552. The van der Waals surface area contributed by atoms with Crippen molar-refractivity contribution < 1.29 is 32.7 Å². The Labute approximate surface area is 413 Å². The number of piperazine rings is 1. The number of carbonyl (C=O) groups is 1. The number of piperidine rings is 1. The molecule has 0 spiro atoms. The lowest BCUT2D eigenvalue weighted by atomic mass is 9.72. The van der Waals surface area contributed by atoms with Crippen LogP contribution in [0.2, 0.25) is 5.02 Å². The summed E-state index contributed by atoms with van der Waals surface area (Å²) in [6, 6.07) is 19.3. The van der Waals surface area contributed by atoms with Gasteiger partial charge in [-0.05, 0) is 105 Å². The molecule has 2 saturated heterocycles. The van der Waals surface area contributed by atoms with Gasteiger partial charge in [0.05, 0.1) is 39.3 Å². The Kier molecular flexibility index (Phi) is 12.7. The van der Waals surface area contributed by atoms with Crippen LogP contribution in [0.25, 0.3) is 16.6 Å². The molecule has 2 aromatic heterocycles. The first-order valence-electron chi connectivity index (χ1n) is 24.1. The van der Waals surface area contributed by atoms with Crippen molar-refractivity contribution in [3.05, 3.63) is 105 Å². The molecule has 1 amide bonds. The number of benzene rings is 3. The third kappa shape index (κ3) is 10.0. The number of nitrogens with one attached hydrogen (secondary N) is 3. The number of hydrogen-bond acceptors (Lipinski definition) is 14. The number of nitro benzene ring substituents is 1. The van der Waals surface area contributed by atoms with Crippen LogP contribution in [0.3, 0.4) is 0 Å². The van der Waals surface area contributed by atoms with Gasteiger partial charge in [0.15, 0.2) is 11.4 Å². The number of rotatable bonds is 11. The number of aromatic amines is 1. The molecular weight excluding hydrogens is 934 g/mol. The lowest BCUT2D eigenvalue weighted by molar-refractivity contribution is -0.384. The Balaban J connectivity index is 0.917. The topological polar surface area (TPSA) is 199 Å². The normalized spacial score (nSPS) is 21.6. The van der Waals surface area contributed by atoms with Gasteiger partial charge in [-0.1, -0.05) is 43.2 Å². The number of H-pyrrole nitrogens is 1. The maximum atomic E-state index is 14.5. The van der Waals surface area contributed by atoms with Crippen LogP contribution >= 0.6 is 11.6 Å². The minimum atomic E-state index is -4.69. The van der Waals surface area contributed by atoms with E-state index >= 15 is 0 Å². The molecule has 2 atom stereocenters. The number of sulfonamides is 1. The lowest BCUT2D eigenvalue weighted by Crippen LogP contribution is -2.48. The fraction of sp³-hybridized carbons (Fsp3) is 0.451. The third-order valence-corrected chi connectivity index (χ3v) is 16.1. The van der Waals surface area contributed by atoms with E-state index in [1.54, 1.807) is 12.3 Å². The Morgan fingerprint density at radius 2 is 1.73 bits per heavy atom. The van der Waals surface area contributed by atoms with E-state index in [9.17, 15) is 28.4 Å². The third-order valence-electron chi connectivity index (χ3n) is 14.6. The highest BCUT2D eigenvalue weighted by Crippen LogP contribution is 2.45. The molecule has 2 fully saturated rings. The largest absolute Gasteiger partial charge is 0.489 e. The van der Waals surface area contributed by atoms with E-state index in [0.717, 1.165) is 74.1 Å². The SMILES string of the molecule is C[C@@H]1CN(c2cc(N3CCN(CC4=C(c5ccc(Cl)cc5)CC(C)(C)CC4)CC3)ccc2C(=O)NS(=O)(=O)c2cc3c(c([N+](=O)[O-])c2)N[C@H](CN2CCC(C)(O)CC2)CO3)c2cc3cc[nH]c3nc2O1. The maximum Gasteiger partial charge on any atom is 0.297 e. The average Bonchev–Trinajstić information content (AvgIpc) is 3.79. The number of anilines is 4. The van der Waals surface area contributed by atoms with Gasteiger partial charge in [0.2, 0.25) is 5.88 Å². The van der Waals surface area contributed by atoms with E-state index < -0.39 is 37.0 Å². The Bertz CT molecular complexity index is 2980. The van der Waals surface area contributed by atoms with Crippen molar-refractivity contribution in [3.8, 4) is 11.6 Å². The van der Waals surface area contributed by atoms with Gasteiger partial charge in [-0.2, -0.15) is 4.98 Å². The van der Waals surface area contributed by atoms with Crippen molar-refractivity contribution in [1.82, 2.24) is 24.5 Å². The molecule has 4 N–H and O–H groups in total. The minimum Gasteiger partial charge on any atom is -0.489 e. The highest BCUT2D eigenvalue weighted by Gasteiger charge is 2.36. The van der Waals surface area contributed by atoms with Gasteiger partial charge < -0.3 is 39.6 Å². The molecule has 0 unspecified atom stereocenters. The minimum absolute atomic E-state index is 0.00566. The number of hydrogen-bond donors (Lipinski definition) is 4. The molecule has 17 nitrogen and oxygen atoms in total. The van der Waals surface area contributed by atoms with Crippen molar-refractivity contribution >= 4 is 72.6 Å². The number of likely N-dealkylation sites (tertiary alicyclic amines) is 1. The first-order chi connectivity index (χ1) is 33.4. The zero-order valence-corrected chi connectivity index (χ0v) is 41.5. The fourth-order valence-electron chi connectivity index (χ4n) is 10.5. The lowest BCUT2D eigenvalue weighted by Gasteiger charge is -2.40. The van der Waals surface area contributed by atoms with E-state index in [2.05, 4.69) is 55.7 Å². The van der Waals surface area contributed by atoms with E-state index in [1.807, 2.05) is 55.1 Å². The van der Waals surface area contributed by atoms with Crippen molar-refractivity contribution in [3.63, 3.8) is 0 Å². The summed E-state index contributed by atoms with van der Waals surface area (Å²) in [6.45, 7) is 14.7. The van der Waals surface area contributed by atoms with Crippen molar-refractivity contribution in [1.29, 1.82) is 0 Å². The first kappa shape index (κ1) is 47.7. The number of allylic oxidation sites excluding steroid dienone is 1. The van der Waals surface area contributed by atoms with E-state index in [-0.39, 0.29) is 41.2 Å². The van der Waals surface area contributed by atoms with Crippen LogP contribution in [0.1, 0.15) is 75.7 Å². The summed E-state index contributed by atoms with van der Waals surface area (Å²) in [5.41, 5.74) is 5.82. The number of ether oxygens (including phenoxy) is 2. The highest BCUT2D eigenvalue weighted by molar-refractivity contribution is 7.90. The first-order valence-corrected chi connectivity index (χ1v) is 26.0. The number of carbonyl (C=O) groups excluding carboxylic acids is 1. The molecule has 3 aromatic carbocycles. The number of aliphatic hydroxyl groups is 1. The van der Waals surface area contributed by atoms with Crippen LogP contribution in [0.4, 0.5) is 28.4 Å². The summed E-state index contributed by atoms with van der Waals surface area (Å²) >= 11 is 6.28. The summed E-state index contributed by atoms with van der Waals surface area (Å²) in [7, 11) is -4.69. The number of nitro groups is 1. The Morgan fingerprint density at radius 3 is 2.47 bits per heavy atom. The van der Waals surface area contributed by atoms with Crippen LogP contribution < -0.4 is 29.3 Å². The number of fused-ring (bicyclic) bond motifs is 3. The predicted molar refractivity (Wildman–Crippen MR) is 271 cm³/mol. The molecule has 370 valence electrons. The number of nitrogens with zero attached hydrogens (tertiary/aromatic N) is 6. The van der Waals surface area contributed by atoms with Crippen molar-refractivity contribution in [2.45, 2.75) is 82.4 Å². The zero-order valence-electron chi connectivity index (χ0n) is 40.0. The monoisotopic (exact) mass is 993 g/mol. The quantitative estimate of drug-likeness (QED) is 0.0734. The summed E-state index contributed by atoms with van der Waals surface area (Å²) in [4.78, 5) is 42.7. The second-order valence-corrected chi connectivity index (χ2v) is 22.7. The number of aromatic nitrogens is 2. The van der Waals surface area contributed by atoms with E-state index in [0.29, 0.717) is 61.9 Å². The van der Waals surface area contributed by atoms with Crippen molar-refractivity contribution in [2.75, 3.05) is 80.6 Å². The molecule has 4 aliphatic heterocycles. The standard InChI is InChI=1S/C51H60ClN9O8S/c1-32-28-60(44-23-34-12-16-53-47(34)55-49(44)69-32)42-24-38(59-21-19-58(20-22-59)29-35-11-13-50(2,3)27-41(35)33-5-7-36(52)8-6-33)9-10-40(42)48(62)56-70(66,67)39-25-43(61(64)65)46-45(26-39)68-31-37(54-46)30-57-17-14-51(4,63)15-18-57/h5-10,12,16,23-26,32,37,54,63H,11,13-15,17-22,27-31H2,1-4H3,(H,53,55)(H,56,62)/t32-,37-/m1/s1. The van der Waals surface area contributed by atoms with Crippen LogP contribution in [0.15, 0.2) is 83.4 Å². The molecule has 5 aliphatic rings. The summed E-state index contributed by atoms with van der Waals surface area (Å²) in [5, 5.41) is 27.7. The number of pyridine rings is 1. The van der Waals surface area contributed by atoms with Gasteiger partial charge in [-0.25, -0.2) is 13.1 Å². The second kappa shape index (κ2) is 18.7. The second-order valence-electron chi connectivity index (χ2n) is 20.6. The predicted octanol–water partition coefficient (Wildman–Crippen LogP) is 7.97. The van der Waals surface area contributed by atoms with Gasteiger partial charge in [0.1, 0.15) is 24.0 Å². The van der Waals surface area contributed by atoms with Gasteiger partial charge in [-0.3, -0.25) is 19.8 Å². The molecule has 1 aliphatic carbocycles. The van der Waals surface area contributed by atoms with Crippen LogP contribution in [-0.4, -0.2) is 127 Å². The summed E-state index contributed by atoms with van der Waals surface area (Å²) in [6.07, 6.45) is 5.82. The smallest absolute Gasteiger partial charge is 0.297 e. The molecule has 5 aromatic rings. The molecular formula is C51H60ClN9O8S. The summed E-state index contributed by atoms with van der Waals surface area (Å²) < 4.78 is 42.9. The van der Waals surface area contributed by atoms with Crippen LogP contribution in [0.5, 0.6) is 11.6 Å². The molecule has 0 saturated carbocycles. The number of amides is 1. The fourth-order valence-corrected chi connectivity index (χ4v) is 11.6. The Morgan fingerprint density at radius 1 is 0.971 bits per heavy atom. The van der Waals surface area contributed by atoms with Crippen molar-refractivity contribution in [2.24, 2.45) is 5.41 Å². The molecule has 0 bridgehead atoms. The maximum absolute atomic E-state index is 14.5. The molecule has 0 radical (unpaired) electrons. The highest BCUT2D eigenvalue weighted by atomic mass is 35.5. The van der Waals surface area contributed by atoms with Gasteiger partial charge >= 0.3 is 0 Å². The van der Waals surface area contributed by atoms with Gasteiger partial charge in [-0.15, -0.1) is 0 Å². The van der Waals surface area contributed by atoms with Gasteiger partial charge in [0.25, 0.3) is 21.6 Å². The molecule has 19 heteroatoms. The van der Waals surface area contributed by atoms with Crippen LogP contribution in [0, 0.1) is 15.5 Å². The molecule has 10 rings (SSSR count). The molecule has 70 heavy (non-hydrogen) atoms.